The smallest absolute Gasteiger partial charge is 0.248 e. The normalized spacial score (nSPS) is 14.8. The van der Waals surface area contributed by atoms with E-state index in [4.69, 9.17) is 9.47 Å². The van der Waals surface area contributed by atoms with Gasteiger partial charge < -0.3 is 19.7 Å². The van der Waals surface area contributed by atoms with Crippen molar-refractivity contribution in [2.45, 2.75) is 0 Å². The zero-order valence-corrected chi connectivity index (χ0v) is 13.3. The Balaban J connectivity index is 1.75. The van der Waals surface area contributed by atoms with Gasteiger partial charge in [0.15, 0.2) is 5.75 Å². The lowest BCUT2D eigenvalue weighted by molar-refractivity contribution is 0.122. The van der Waals surface area contributed by atoms with E-state index in [0.717, 1.165) is 18.9 Å². The lowest BCUT2D eigenvalue weighted by Crippen LogP contribution is -2.37. The molecule has 0 saturated carbocycles. The van der Waals surface area contributed by atoms with Crippen LogP contribution in [0.1, 0.15) is 0 Å². The largest absolute Gasteiger partial charge is 0.493 e. The van der Waals surface area contributed by atoms with Crippen LogP contribution >= 0.6 is 0 Å². The highest BCUT2D eigenvalue weighted by atomic mass is 16.5. The van der Waals surface area contributed by atoms with E-state index in [1.807, 2.05) is 30.3 Å². The highest BCUT2D eigenvalue weighted by Crippen LogP contribution is 2.26. The average Bonchev–Trinajstić information content (AvgIpc) is 3.06. The van der Waals surface area contributed by atoms with Crippen LogP contribution in [-0.2, 0) is 4.74 Å². The van der Waals surface area contributed by atoms with Gasteiger partial charge in [-0.05, 0) is 24.3 Å². The average molecular weight is 326 g/mol. The van der Waals surface area contributed by atoms with Crippen LogP contribution < -0.4 is 15.0 Å². The van der Waals surface area contributed by atoms with Crippen LogP contribution in [-0.4, -0.2) is 53.0 Å². The maximum atomic E-state index is 5.43. The van der Waals surface area contributed by atoms with Crippen molar-refractivity contribution in [3.63, 3.8) is 0 Å². The molecule has 0 atom stereocenters. The van der Waals surface area contributed by atoms with Crippen LogP contribution in [0, 0.1) is 0 Å². The van der Waals surface area contributed by atoms with Gasteiger partial charge >= 0.3 is 0 Å². The standard InChI is InChI=1S/C16H18N6O2/c1-23-12-5-6-14(21-8-10-24-11-9-21)22-15(12)19-16(20-22)18-13-4-2-3-7-17-13/h2-7H,8-11H2,1H3,(H,17,18,20). The van der Waals surface area contributed by atoms with Crippen molar-refractivity contribution in [1.29, 1.82) is 0 Å². The van der Waals surface area contributed by atoms with Gasteiger partial charge in [-0.1, -0.05) is 6.07 Å². The Kier molecular flexibility index (Phi) is 3.87. The number of pyridine rings is 2. The van der Waals surface area contributed by atoms with E-state index in [1.54, 1.807) is 17.8 Å². The van der Waals surface area contributed by atoms with Crippen molar-refractivity contribution in [2.24, 2.45) is 0 Å². The molecule has 3 aromatic rings. The number of anilines is 3. The summed E-state index contributed by atoms with van der Waals surface area (Å²) in [7, 11) is 1.63. The third-order valence-electron chi connectivity index (χ3n) is 3.89. The number of morpholine rings is 1. The quantitative estimate of drug-likeness (QED) is 0.782. The first-order chi connectivity index (χ1) is 11.8. The second-order valence-corrected chi connectivity index (χ2v) is 5.37. The maximum absolute atomic E-state index is 5.43. The summed E-state index contributed by atoms with van der Waals surface area (Å²) < 4.78 is 12.7. The number of aromatic nitrogens is 4. The molecule has 0 aromatic carbocycles. The molecule has 0 bridgehead atoms. The van der Waals surface area contributed by atoms with Crippen molar-refractivity contribution in [1.82, 2.24) is 19.6 Å². The Morgan fingerprint density at radius 3 is 2.79 bits per heavy atom. The topological polar surface area (TPSA) is 76.8 Å². The summed E-state index contributed by atoms with van der Waals surface area (Å²) in [5, 5.41) is 7.71. The minimum absolute atomic E-state index is 0.479. The number of ether oxygens (including phenoxy) is 2. The van der Waals surface area contributed by atoms with Gasteiger partial charge in [-0.3, -0.25) is 0 Å². The molecule has 1 aliphatic rings. The first-order valence-electron chi connectivity index (χ1n) is 7.79. The first kappa shape index (κ1) is 14.7. The lowest BCUT2D eigenvalue weighted by Gasteiger charge is -2.28. The van der Waals surface area contributed by atoms with Gasteiger partial charge in [0, 0.05) is 19.3 Å². The molecule has 8 nitrogen and oxygen atoms in total. The molecule has 1 saturated heterocycles. The molecule has 8 heteroatoms. The molecule has 0 unspecified atom stereocenters. The summed E-state index contributed by atoms with van der Waals surface area (Å²) in [4.78, 5) is 11.0. The monoisotopic (exact) mass is 326 g/mol. The predicted molar refractivity (Wildman–Crippen MR) is 90.1 cm³/mol. The van der Waals surface area contributed by atoms with Gasteiger partial charge in [-0.2, -0.15) is 9.50 Å². The Hall–Kier alpha value is -2.87. The Morgan fingerprint density at radius 2 is 2.04 bits per heavy atom. The Morgan fingerprint density at radius 1 is 1.17 bits per heavy atom. The molecular formula is C16H18N6O2. The number of nitrogens with one attached hydrogen (secondary N) is 1. The lowest BCUT2D eigenvalue weighted by atomic mass is 10.3. The summed E-state index contributed by atoms with van der Waals surface area (Å²) in [5.74, 6) is 2.82. The van der Waals surface area contributed by atoms with E-state index < -0.39 is 0 Å². The Labute approximate surface area is 139 Å². The van der Waals surface area contributed by atoms with E-state index in [-0.39, 0.29) is 0 Å². The molecular weight excluding hydrogens is 308 g/mol. The summed E-state index contributed by atoms with van der Waals surface area (Å²) in [6.07, 6.45) is 1.72. The molecule has 0 amide bonds. The van der Waals surface area contributed by atoms with Crippen LogP contribution in [0.25, 0.3) is 5.65 Å². The van der Waals surface area contributed by atoms with Crippen LogP contribution in [0.4, 0.5) is 17.6 Å². The van der Waals surface area contributed by atoms with Gasteiger partial charge in [0.25, 0.3) is 0 Å². The molecule has 0 spiro atoms. The van der Waals surface area contributed by atoms with Crippen molar-refractivity contribution in [3.05, 3.63) is 36.5 Å². The molecule has 1 aliphatic heterocycles. The minimum atomic E-state index is 0.479. The third kappa shape index (κ3) is 2.71. The van der Waals surface area contributed by atoms with Crippen LogP contribution in [0.15, 0.2) is 36.5 Å². The van der Waals surface area contributed by atoms with Gasteiger partial charge in [0.1, 0.15) is 11.6 Å². The van der Waals surface area contributed by atoms with E-state index in [2.05, 4.69) is 25.3 Å². The van der Waals surface area contributed by atoms with Gasteiger partial charge in [0.05, 0.1) is 20.3 Å². The van der Waals surface area contributed by atoms with Gasteiger partial charge in [0.2, 0.25) is 11.6 Å². The SMILES string of the molecule is COc1ccc(N2CCOCC2)n2nc(Nc3ccccn3)nc12. The number of rotatable bonds is 4. The minimum Gasteiger partial charge on any atom is -0.493 e. The van der Waals surface area contributed by atoms with Crippen molar-refractivity contribution < 1.29 is 9.47 Å². The number of nitrogens with zero attached hydrogens (tertiary/aromatic N) is 5. The molecule has 0 radical (unpaired) electrons. The summed E-state index contributed by atoms with van der Waals surface area (Å²) in [6, 6.07) is 9.55. The van der Waals surface area contributed by atoms with Crippen molar-refractivity contribution >= 4 is 23.2 Å². The van der Waals surface area contributed by atoms with E-state index in [9.17, 15) is 0 Å². The molecule has 0 aliphatic carbocycles. The second kappa shape index (κ2) is 6.32. The molecule has 24 heavy (non-hydrogen) atoms. The Bertz CT molecular complexity index is 829. The fraction of sp³-hybridized carbons (Fsp3) is 0.312. The highest BCUT2D eigenvalue weighted by Gasteiger charge is 2.18. The molecule has 1 fully saturated rings. The van der Waals surface area contributed by atoms with Crippen LogP contribution in [0.3, 0.4) is 0 Å². The van der Waals surface area contributed by atoms with E-state index in [1.165, 1.54) is 0 Å². The number of hydrogen-bond donors (Lipinski definition) is 1. The summed E-state index contributed by atoms with van der Waals surface area (Å²) >= 11 is 0. The van der Waals surface area contributed by atoms with Crippen LogP contribution in [0.2, 0.25) is 0 Å². The first-order valence-corrected chi connectivity index (χ1v) is 7.79. The van der Waals surface area contributed by atoms with E-state index >= 15 is 0 Å². The van der Waals surface area contributed by atoms with E-state index in [0.29, 0.717) is 36.4 Å². The zero-order valence-electron chi connectivity index (χ0n) is 13.3. The number of fused-ring (bicyclic) bond motifs is 1. The highest BCUT2D eigenvalue weighted by molar-refractivity contribution is 5.63. The van der Waals surface area contributed by atoms with Crippen molar-refractivity contribution in [2.75, 3.05) is 43.6 Å². The fourth-order valence-corrected chi connectivity index (χ4v) is 2.72. The van der Waals surface area contributed by atoms with Gasteiger partial charge in [-0.25, -0.2) is 4.98 Å². The number of methoxy groups -OCH3 is 1. The van der Waals surface area contributed by atoms with Crippen molar-refractivity contribution in [3.8, 4) is 5.75 Å². The number of hydrogen-bond acceptors (Lipinski definition) is 7. The molecule has 3 aromatic heterocycles. The molecule has 1 N–H and O–H groups in total. The molecule has 4 rings (SSSR count). The molecule has 124 valence electrons. The summed E-state index contributed by atoms with van der Waals surface area (Å²) in [5.41, 5.74) is 0.667. The van der Waals surface area contributed by atoms with Crippen LogP contribution in [0.5, 0.6) is 5.75 Å². The maximum Gasteiger partial charge on any atom is 0.248 e. The van der Waals surface area contributed by atoms with Gasteiger partial charge in [-0.15, -0.1) is 5.10 Å². The summed E-state index contributed by atoms with van der Waals surface area (Å²) in [6.45, 7) is 3.07. The second-order valence-electron chi connectivity index (χ2n) is 5.37. The molecule has 4 heterocycles. The fourth-order valence-electron chi connectivity index (χ4n) is 2.72. The third-order valence-corrected chi connectivity index (χ3v) is 3.89. The zero-order chi connectivity index (χ0) is 16.4. The predicted octanol–water partition coefficient (Wildman–Crippen LogP) is 1.71.